The van der Waals surface area contributed by atoms with Crippen LogP contribution in [-0.4, -0.2) is 45.4 Å². The van der Waals surface area contributed by atoms with Gasteiger partial charge < -0.3 is 0 Å². The maximum Gasteiger partial charge on any atom is 0.336 e. The third-order valence-electron chi connectivity index (χ3n) is 7.74. The summed E-state index contributed by atoms with van der Waals surface area (Å²) in [6, 6.07) is 25.0. The molecule has 4 heterocycles. The monoisotopic (exact) mass is 503 g/mol. The molecule has 2 aliphatic heterocycles. The number of imide groups is 1. The summed E-state index contributed by atoms with van der Waals surface area (Å²) in [5.74, 6) is -0.166. The molecule has 190 valence electrons. The Hall–Kier alpha value is -4.36. The van der Waals surface area contributed by atoms with Crippen LogP contribution in [0.4, 0.5) is 16.2 Å². The van der Waals surface area contributed by atoms with Crippen LogP contribution in [-0.2, 0) is 11.3 Å². The van der Waals surface area contributed by atoms with Crippen molar-refractivity contribution in [1.82, 2.24) is 14.9 Å². The van der Waals surface area contributed by atoms with Crippen LogP contribution in [0.15, 0.2) is 97.5 Å². The average molecular weight is 504 g/mol. The molecule has 2 aromatic heterocycles. The van der Waals surface area contributed by atoms with E-state index in [1.54, 1.807) is 29.4 Å². The molecular formula is C31H29N5O2. The number of likely N-dealkylation sites (tertiary alicyclic amines) is 1. The first-order valence-electron chi connectivity index (χ1n) is 12.9. The van der Waals surface area contributed by atoms with Gasteiger partial charge in [0.1, 0.15) is 5.54 Å². The number of nitrogens with zero attached hydrogens (tertiary/aromatic N) is 5. The zero-order chi connectivity index (χ0) is 26.1. The maximum absolute atomic E-state index is 14.2. The second kappa shape index (κ2) is 9.84. The second-order valence-electron chi connectivity index (χ2n) is 9.95. The van der Waals surface area contributed by atoms with Crippen molar-refractivity contribution in [3.63, 3.8) is 0 Å². The number of aromatic nitrogens is 2. The van der Waals surface area contributed by atoms with E-state index < -0.39 is 5.54 Å². The van der Waals surface area contributed by atoms with E-state index in [2.05, 4.69) is 27.9 Å². The standard InChI is InChI=1S/C31H29N5O2/c1-23-6-5-17-33-28(23)22-34-20-15-31(16-21-34)29(37)35(30(38)36(31)27-13-18-32-19-14-27)26-11-9-25(10-12-26)24-7-3-2-4-8-24/h2-14,17-19H,15-16,20-22H2,1H3. The number of piperidine rings is 1. The smallest absolute Gasteiger partial charge is 0.297 e. The minimum absolute atomic E-state index is 0.166. The fraction of sp³-hybridized carbons (Fsp3) is 0.226. The number of hydrogen-bond acceptors (Lipinski definition) is 5. The van der Waals surface area contributed by atoms with Crippen LogP contribution in [0.1, 0.15) is 24.1 Å². The topological polar surface area (TPSA) is 69.6 Å². The number of amides is 3. The quantitative estimate of drug-likeness (QED) is 0.338. The highest BCUT2D eigenvalue weighted by Gasteiger charge is 2.59. The van der Waals surface area contributed by atoms with E-state index in [9.17, 15) is 9.59 Å². The number of rotatable bonds is 5. The van der Waals surface area contributed by atoms with Crippen LogP contribution in [0.2, 0.25) is 0 Å². The highest BCUT2D eigenvalue weighted by Crippen LogP contribution is 2.42. The van der Waals surface area contributed by atoms with E-state index >= 15 is 0 Å². The van der Waals surface area contributed by atoms with Gasteiger partial charge in [-0.05, 0) is 66.8 Å². The lowest BCUT2D eigenvalue weighted by Gasteiger charge is -2.42. The molecule has 3 amide bonds. The molecule has 0 radical (unpaired) electrons. The van der Waals surface area contributed by atoms with Gasteiger partial charge in [0.25, 0.3) is 5.91 Å². The van der Waals surface area contributed by atoms with Gasteiger partial charge in [-0.3, -0.25) is 24.6 Å². The Kier molecular flexibility index (Phi) is 6.21. The molecule has 0 bridgehead atoms. The van der Waals surface area contributed by atoms with Gasteiger partial charge in [0.15, 0.2) is 0 Å². The fourth-order valence-electron chi connectivity index (χ4n) is 5.60. The Bertz CT molecular complexity index is 1450. The number of benzene rings is 2. The highest BCUT2D eigenvalue weighted by atomic mass is 16.2. The summed E-state index contributed by atoms with van der Waals surface area (Å²) in [5.41, 5.74) is 4.66. The van der Waals surface area contributed by atoms with Crippen LogP contribution >= 0.6 is 0 Å². The van der Waals surface area contributed by atoms with Gasteiger partial charge in [0.2, 0.25) is 0 Å². The van der Waals surface area contributed by atoms with E-state index in [4.69, 9.17) is 0 Å². The normalized spacial score (nSPS) is 17.4. The Balaban J connectivity index is 1.30. The summed E-state index contributed by atoms with van der Waals surface area (Å²) >= 11 is 0. The van der Waals surface area contributed by atoms with E-state index in [1.165, 1.54) is 4.90 Å². The van der Waals surface area contributed by atoms with Gasteiger partial charge in [0, 0.05) is 43.9 Å². The van der Waals surface area contributed by atoms with Gasteiger partial charge in [-0.1, -0.05) is 48.5 Å². The molecule has 0 saturated carbocycles. The van der Waals surface area contributed by atoms with E-state index in [0.717, 1.165) is 28.9 Å². The van der Waals surface area contributed by atoms with Crippen molar-refractivity contribution in [1.29, 1.82) is 0 Å². The molecule has 2 aliphatic rings. The molecular weight excluding hydrogens is 474 g/mol. The van der Waals surface area contributed by atoms with Crippen LogP contribution < -0.4 is 9.80 Å². The predicted octanol–water partition coefficient (Wildman–Crippen LogP) is 5.46. The molecule has 7 heteroatoms. The van der Waals surface area contributed by atoms with Gasteiger partial charge in [0.05, 0.1) is 11.4 Å². The van der Waals surface area contributed by atoms with E-state index in [0.29, 0.717) is 37.3 Å². The summed E-state index contributed by atoms with van der Waals surface area (Å²) in [4.78, 5) is 42.2. The summed E-state index contributed by atoms with van der Waals surface area (Å²) in [6.45, 7) is 4.18. The van der Waals surface area contributed by atoms with Gasteiger partial charge in [-0.25, -0.2) is 9.69 Å². The van der Waals surface area contributed by atoms with Crippen molar-refractivity contribution in [3.05, 3.63) is 109 Å². The summed E-state index contributed by atoms with van der Waals surface area (Å²) in [5, 5.41) is 0. The lowest BCUT2D eigenvalue weighted by Crippen LogP contribution is -2.56. The average Bonchev–Trinajstić information content (AvgIpc) is 3.17. The summed E-state index contributed by atoms with van der Waals surface area (Å²) < 4.78 is 0. The SMILES string of the molecule is Cc1cccnc1CN1CCC2(CC1)C(=O)N(c1ccc(-c3ccccc3)cc1)C(=O)N2c1ccncc1. The molecule has 6 rings (SSSR count). The number of anilines is 2. The van der Waals surface area contributed by atoms with Crippen molar-refractivity contribution < 1.29 is 9.59 Å². The fourth-order valence-corrected chi connectivity index (χ4v) is 5.60. The van der Waals surface area contributed by atoms with Crippen LogP contribution in [0, 0.1) is 6.92 Å². The van der Waals surface area contributed by atoms with Gasteiger partial charge >= 0.3 is 6.03 Å². The number of urea groups is 1. The zero-order valence-electron chi connectivity index (χ0n) is 21.3. The first kappa shape index (κ1) is 24.0. The Labute approximate surface area is 222 Å². The van der Waals surface area contributed by atoms with Crippen molar-refractivity contribution in [2.75, 3.05) is 22.9 Å². The Morgan fingerprint density at radius 3 is 2.13 bits per heavy atom. The molecule has 38 heavy (non-hydrogen) atoms. The summed E-state index contributed by atoms with van der Waals surface area (Å²) in [6.07, 6.45) is 6.24. The Morgan fingerprint density at radius 1 is 0.763 bits per heavy atom. The van der Waals surface area contributed by atoms with Gasteiger partial charge in [-0.2, -0.15) is 0 Å². The van der Waals surface area contributed by atoms with Gasteiger partial charge in [-0.15, -0.1) is 0 Å². The molecule has 0 N–H and O–H groups in total. The minimum Gasteiger partial charge on any atom is -0.297 e. The predicted molar refractivity (Wildman–Crippen MR) is 148 cm³/mol. The molecule has 2 saturated heterocycles. The lowest BCUT2D eigenvalue weighted by molar-refractivity contribution is -0.123. The first-order chi connectivity index (χ1) is 18.6. The van der Waals surface area contributed by atoms with Crippen LogP contribution in [0.25, 0.3) is 11.1 Å². The van der Waals surface area contributed by atoms with Crippen molar-refractivity contribution in [2.24, 2.45) is 0 Å². The highest BCUT2D eigenvalue weighted by molar-refractivity contribution is 6.30. The van der Waals surface area contributed by atoms with Crippen LogP contribution in [0.3, 0.4) is 0 Å². The maximum atomic E-state index is 14.2. The molecule has 0 aliphatic carbocycles. The number of carbonyl (C=O) groups is 2. The largest absolute Gasteiger partial charge is 0.336 e. The number of aryl methyl sites for hydroxylation is 1. The molecule has 2 aromatic carbocycles. The van der Waals surface area contributed by atoms with E-state index in [-0.39, 0.29) is 11.9 Å². The van der Waals surface area contributed by atoms with Crippen molar-refractivity contribution >= 4 is 23.3 Å². The number of hydrogen-bond donors (Lipinski definition) is 0. The third kappa shape index (κ3) is 4.15. The number of pyridine rings is 2. The number of carbonyl (C=O) groups excluding carboxylic acids is 2. The van der Waals surface area contributed by atoms with E-state index in [1.807, 2.05) is 66.9 Å². The first-order valence-corrected chi connectivity index (χ1v) is 12.9. The minimum atomic E-state index is -0.938. The zero-order valence-corrected chi connectivity index (χ0v) is 21.3. The molecule has 0 atom stereocenters. The molecule has 7 nitrogen and oxygen atoms in total. The Morgan fingerprint density at radius 2 is 1.45 bits per heavy atom. The molecule has 4 aromatic rings. The lowest BCUT2D eigenvalue weighted by atomic mass is 9.85. The molecule has 0 unspecified atom stereocenters. The van der Waals surface area contributed by atoms with Crippen molar-refractivity contribution in [2.45, 2.75) is 31.8 Å². The summed E-state index contributed by atoms with van der Waals surface area (Å²) in [7, 11) is 0. The van der Waals surface area contributed by atoms with Crippen molar-refractivity contribution in [3.8, 4) is 11.1 Å². The third-order valence-corrected chi connectivity index (χ3v) is 7.74. The second-order valence-corrected chi connectivity index (χ2v) is 9.95. The molecule has 1 spiro atoms. The van der Waals surface area contributed by atoms with Crippen LogP contribution in [0.5, 0.6) is 0 Å². The molecule has 2 fully saturated rings.